The summed E-state index contributed by atoms with van der Waals surface area (Å²) in [6, 6.07) is 22.3. The Hall–Kier alpha value is -2.35. The third-order valence-corrected chi connectivity index (χ3v) is 8.27. The lowest BCUT2D eigenvalue weighted by Crippen LogP contribution is -2.35. The molecule has 0 bridgehead atoms. The molecule has 0 N–H and O–H groups in total. The van der Waals surface area contributed by atoms with E-state index in [4.69, 9.17) is 4.98 Å². The highest BCUT2D eigenvalue weighted by Crippen LogP contribution is 2.44. The first-order chi connectivity index (χ1) is 18.2. The van der Waals surface area contributed by atoms with Gasteiger partial charge in [-0.3, -0.25) is 0 Å². The lowest BCUT2D eigenvalue weighted by Gasteiger charge is -2.39. The van der Waals surface area contributed by atoms with E-state index in [9.17, 15) is 0 Å². The molecule has 0 saturated carbocycles. The second-order valence-corrected chi connectivity index (χ2v) is 11.3. The maximum absolute atomic E-state index is 5.03. The first-order valence-electron chi connectivity index (χ1n) is 15.3. The fourth-order valence-corrected chi connectivity index (χ4v) is 5.98. The number of nitrogens with zero attached hydrogens (tertiary/aromatic N) is 2. The van der Waals surface area contributed by atoms with Crippen LogP contribution < -0.4 is 0 Å². The highest BCUT2D eigenvalue weighted by Gasteiger charge is 2.39. The SMILES string of the molecule is CCCCCCCCCCCCC(c1nccn1CCCC)C(C)(Cc1ccccc1)c1ccccc1. The van der Waals surface area contributed by atoms with Crippen LogP contribution in [0, 0.1) is 0 Å². The Morgan fingerprint density at radius 1 is 0.703 bits per heavy atom. The van der Waals surface area contributed by atoms with Crippen molar-refractivity contribution < 1.29 is 0 Å². The standard InChI is InChI=1S/C35H52N2/c1-4-6-8-9-10-11-12-13-14-21-26-33(34-36-27-29-37(34)28-7-5-2)35(3,32-24-19-16-20-25-32)30-31-22-17-15-18-23-31/h15-20,22-25,27,29,33H,4-14,21,26,28,30H2,1-3H3. The Bertz CT molecular complexity index is 961. The molecule has 0 spiro atoms. The molecule has 2 heteroatoms. The molecule has 0 amide bonds. The van der Waals surface area contributed by atoms with Crippen molar-refractivity contribution in [3.63, 3.8) is 0 Å². The van der Waals surface area contributed by atoms with E-state index in [1.165, 1.54) is 100 Å². The van der Waals surface area contributed by atoms with Crippen molar-refractivity contribution in [3.05, 3.63) is 90.0 Å². The quantitative estimate of drug-likeness (QED) is 0.150. The molecule has 2 unspecified atom stereocenters. The molecule has 2 nitrogen and oxygen atoms in total. The van der Waals surface area contributed by atoms with Crippen molar-refractivity contribution in [2.45, 2.75) is 129 Å². The van der Waals surface area contributed by atoms with Crippen LogP contribution in [0.4, 0.5) is 0 Å². The van der Waals surface area contributed by atoms with Crippen molar-refractivity contribution in [3.8, 4) is 0 Å². The van der Waals surface area contributed by atoms with E-state index in [0.717, 1.165) is 13.0 Å². The van der Waals surface area contributed by atoms with Crippen LogP contribution >= 0.6 is 0 Å². The average Bonchev–Trinajstić information content (AvgIpc) is 3.39. The monoisotopic (exact) mass is 500 g/mol. The second-order valence-electron chi connectivity index (χ2n) is 11.3. The molecule has 2 aromatic carbocycles. The molecular formula is C35H52N2. The number of unbranched alkanes of at least 4 members (excludes halogenated alkanes) is 10. The fourth-order valence-electron chi connectivity index (χ4n) is 5.98. The second kappa shape index (κ2) is 16.5. The molecule has 2 atom stereocenters. The topological polar surface area (TPSA) is 17.8 Å². The van der Waals surface area contributed by atoms with Gasteiger partial charge in [0.2, 0.25) is 0 Å². The highest BCUT2D eigenvalue weighted by molar-refractivity contribution is 5.33. The predicted octanol–water partition coefficient (Wildman–Crippen LogP) is 10.3. The van der Waals surface area contributed by atoms with Crippen LogP contribution in [-0.4, -0.2) is 9.55 Å². The van der Waals surface area contributed by atoms with Crippen LogP contribution in [0.1, 0.15) is 127 Å². The number of imidazole rings is 1. The van der Waals surface area contributed by atoms with Gasteiger partial charge < -0.3 is 4.57 Å². The summed E-state index contributed by atoms with van der Waals surface area (Å²) in [5.41, 5.74) is 2.83. The van der Waals surface area contributed by atoms with E-state index in [0.29, 0.717) is 5.92 Å². The Kier molecular flexibility index (Phi) is 13.0. The molecule has 3 aromatic rings. The van der Waals surface area contributed by atoms with Gasteiger partial charge in [-0.05, 0) is 30.4 Å². The lowest BCUT2D eigenvalue weighted by atomic mass is 9.66. The van der Waals surface area contributed by atoms with Gasteiger partial charge in [-0.1, -0.05) is 152 Å². The van der Waals surface area contributed by atoms with Crippen molar-refractivity contribution in [2.24, 2.45) is 0 Å². The number of aryl methyl sites for hydroxylation is 1. The number of rotatable bonds is 19. The van der Waals surface area contributed by atoms with Crippen LogP contribution in [0.25, 0.3) is 0 Å². The van der Waals surface area contributed by atoms with E-state index in [1.807, 2.05) is 6.20 Å². The minimum absolute atomic E-state index is 0.0167. The maximum Gasteiger partial charge on any atom is 0.112 e. The summed E-state index contributed by atoms with van der Waals surface area (Å²) >= 11 is 0. The van der Waals surface area contributed by atoms with E-state index in [-0.39, 0.29) is 5.41 Å². The van der Waals surface area contributed by atoms with Crippen LogP contribution in [0.5, 0.6) is 0 Å². The van der Waals surface area contributed by atoms with E-state index in [2.05, 4.69) is 92.2 Å². The van der Waals surface area contributed by atoms with Crippen molar-refractivity contribution in [1.82, 2.24) is 9.55 Å². The van der Waals surface area contributed by atoms with Gasteiger partial charge in [-0.25, -0.2) is 4.98 Å². The first-order valence-corrected chi connectivity index (χ1v) is 15.3. The molecule has 0 aliphatic heterocycles. The van der Waals surface area contributed by atoms with Crippen LogP contribution in [0.15, 0.2) is 73.1 Å². The fraction of sp³-hybridized carbons (Fsp3) is 0.571. The molecule has 0 saturated heterocycles. The Labute approximate surface area is 227 Å². The molecule has 3 rings (SSSR count). The third kappa shape index (κ3) is 9.16. The van der Waals surface area contributed by atoms with Gasteiger partial charge in [0.15, 0.2) is 0 Å². The average molecular weight is 501 g/mol. The minimum atomic E-state index is -0.0167. The number of hydrogen-bond donors (Lipinski definition) is 0. The first kappa shape index (κ1) is 29.2. The Balaban J connectivity index is 1.76. The van der Waals surface area contributed by atoms with Crippen molar-refractivity contribution in [2.75, 3.05) is 0 Å². The van der Waals surface area contributed by atoms with E-state index in [1.54, 1.807) is 0 Å². The Morgan fingerprint density at radius 3 is 1.89 bits per heavy atom. The number of hydrogen-bond acceptors (Lipinski definition) is 1. The van der Waals surface area contributed by atoms with Gasteiger partial charge in [0, 0.05) is 30.3 Å². The summed E-state index contributed by atoms with van der Waals surface area (Å²) < 4.78 is 2.46. The normalized spacial score (nSPS) is 13.9. The minimum Gasteiger partial charge on any atom is -0.335 e. The molecule has 0 aliphatic carbocycles. The summed E-state index contributed by atoms with van der Waals surface area (Å²) in [5.74, 6) is 1.67. The molecule has 202 valence electrons. The number of benzene rings is 2. The molecule has 1 heterocycles. The summed E-state index contributed by atoms with van der Waals surface area (Å²) in [6.45, 7) is 8.14. The third-order valence-electron chi connectivity index (χ3n) is 8.27. The molecule has 0 fully saturated rings. The van der Waals surface area contributed by atoms with Gasteiger partial charge in [-0.15, -0.1) is 0 Å². The van der Waals surface area contributed by atoms with E-state index >= 15 is 0 Å². The zero-order chi connectivity index (χ0) is 26.2. The lowest BCUT2D eigenvalue weighted by molar-refractivity contribution is 0.321. The summed E-state index contributed by atoms with van der Waals surface area (Å²) in [5, 5.41) is 0. The molecule has 37 heavy (non-hydrogen) atoms. The molecule has 1 aromatic heterocycles. The molecular weight excluding hydrogens is 448 g/mol. The van der Waals surface area contributed by atoms with Gasteiger partial charge in [0.1, 0.15) is 5.82 Å². The largest absolute Gasteiger partial charge is 0.335 e. The smallest absolute Gasteiger partial charge is 0.112 e. The van der Waals surface area contributed by atoms with Crippen molar-refractivity contribution in [1.29, 1.82) is 0 Å². The van der Waals surface area contributed by atoms with Gasteiger partial charge >= 0.3 is 0 Å². The Morgan fingerprint density at radius 2 is 1.27 bits per heavy atom. The molecule has 0 radical (unpaired) electrons. The van der Waals surface area contributed by atoms with E-state index < -0.39 is 0 Å². The predicted molar refractivity (Wildman–Crippen MR) is 160 cm³/mol. The van der Waals surface area contributed by atoms with Crippen LogP contribution in [-0.2, 0) is 18.4 Å². The van der Waals surface area contributed by atoms with Crippen molar-refractivity contribution >= 4 is 0 Å². The number of aromatic nitrogens is 2. The van der Waals surface area contributed by atoms with Gasteiger partial charge in [-0.2, -0.15) is 0 Å². The van der Waals surface area contributed by atoms with Crippen LogP contribution in [0.3, 0.4) is 0 Å². The summed E-state index contributed by atoms with van der Waals surface area (Å²) in [4.78, 5) is 5.03. The van der Waals surface area contributed by atoms with Gasteiger partial charge in [0.05, 0.1) is 0 Å². The van der Waals surface area contributed by atoms with Crippen LogP contribution in [0.2, 0.25) is 0 Å². The maximum atomic E-state index is 5.03. The summed E-state index contributed by atoms with van der Waals surface area (Å²) in [7, 11) is 0. The van der Waals surface area contributed by atoms with Gasteiger partial charge in [0.25, 0.3) is 0 Å². The zero-order valence-electron chi connectivity index (χ0n) is 24.0. The molecule has 0 aliphatic rings. The zero-order valence-corrected chi connectivity index (χ0v) is 24.0. The summed E-state index contributed by atoms with van der Waals surface area (Å²) in [6.07, 6.45) is 22.6. The highest BCUT2D eigenvalue weighted by atomic mass is 15.1.